The van der Waals surface area contributed by atoms with Crippen molar-refractivity contribution in [2.24, 2.45) is 0 Å². The van der Waals surface area contributed by atoms with E-state index in [1.165, 1.54) is 0 Å². The summed E-state index contributed by atoms with van der Waals surface area (Å²) < 4.78 is 2.50. The number of nitrogens with one attached hydrogen (secondary N) is 1. The van der Waals surface area contributed by atoms with Crippen molar-refractivity contribution in [2.75, 3.05) is 5.32 Å². The first-order chi connectivity index (χ1) is 11.1. The summed E-state index contributed by atoms with van der Waals surface area (Å²) in [7, 11) is 0. The summed E-state index contributed by atoms with van der Waals surface area (Å²) in [5.41, 5.74) is 1.44. The molecule has 0 aliphatic carbocycles. The highest BCUT2D eigenvalue weighted by Crippen LogP contribution is 2.22. The van der Waals surface area contributed by atoms with Crippen molar-refractivity contribution < 1.29 is 4.79 Å². The Morgan fingerprint density at radius 2 is 1.96 bits per heavy atom. The lowest BCUT2D eigenvalue weighted by atomic mass is 10.2. The Kier molecular flexibility index (Phi) is 4.73. The summed E-state index contributed by atoms with van der Waals surface area (Å²) in [6, 6.07) is 10.7. The molecular weight excluding hydrogens is 380 g/mol. The number of pyridine rings is 1. The molecule has 0 aliphatic rings. The van der Waals surface area contributed by atoms with Gasteiger partial charge in [-0.25, -0.2) is 4.68 Å². The van der Waals surface area contributed by atoms with E-state index in [2.05, 4.69) is 31.3 Å². The van der Waals surface area contributed by atoms with Gasteiger partial charge in [0.25, 0.3) is 5.91 Å². The van der Waals surface area contributed by atoms with Gasteiger partial charge < -0.3 is 5.32 Å². The fraction of sp³-hybridized carbons (Fsp3) is 0.0625. The molecule has 0 unspecified atom stereocenters. The molecule has 2 heterocycles. The molecule has 0 saturated heterocycles. The second-order valence-electron chi connectivity index (χ2n) is 4.81. The van der Waals surface area contributed by atoms with Crippen LogP contribution in [0, 0.1) is 0 Å². The standard InChI is InChI=1S/C16H12BrClN4O/c17-12-1-2-14(18)13(9-12)16(23)21-15-5-8-20-22(15)10-11-3-6-19-7-4-11/h1-9H,10H2,(H,21,23). The van der Waals surface area contributed by atoms with Gasteiger partial charge in [-0.3, -0.25) is 9.78 Å². The Labute approximate surface area is 146 Å². The van der Waals surface area contributed by atoms with Gasteiger partial charge in [0.2, 0.25) is 0 Å². The number of aromatic nitrogens is 3. The van der Waals surface area contributed by atoms with Gasteiger partial charge in [-0.1, -0.05) is 27.5 Å². The van der Waals surface area contributed by atoms with Crippen molar-refractivity contribution in [1.29, 1.82) is 0 Å². The van der Waals surface area contributed by atoms with E-state index in [1.807, 2.05) is 12.1 Å². The number of nitrogens with zero attached hydrogens (tertiary/aromatic N) is 3. The van der Waals surface area contributed by atoms with E-state index in [9.17, 15) is 4.79 Å². The number of hydrogen-bond donors (Lipinski definition) is 1. The van der Waals surface area contributed by atoms with E-state index in [0.29, 0.717) is 22.9 Å². The molecule has 3 rings (SSSR count). The fourth-order valence-corrected chi connectivity index (χ4v) is 2.65. The number of benzene rings is 1. The fourth-order valence-electron chi connectivity index (χ4n) is 2.08. The SMILES string of the molecule is O=C(Nc1ccnn1Cc1ccncc1)c1cc(Br)ccc1Cl. The summed E-state index contributed by atoms with van der Waals surface area (Å²) in [5.74, 6) is 0.315. The molecule has 2 aromatic heterocycles. The number of hydrogen-bond acceptors (Lipinski definition) is 3. The monoisotopic (exact) mass is 390 g/mol. The predicted octanol–water partition coefficient (Wildman–Crippen LogP) is 3.99. The molecule has 0 bridgehead atoms. The first-order valence-electron chi connectivity index (χ1n) is 6.80. The third-order valence-electron chi connectivity index (χ3n) is 3.21. The van der Waals surface area contributed by atoms with Gasteiger partial charge in [0.05, 0.1) is 23.3 Å². The molecule has 0 saturated carbocycles. The van der Waals surface area contributed by atoms with Crippen LogP contribution < -0.4 is 5.32 Å². The van der Waals surface area contributed by atoms with E-state index in [0.717, 1.165) is 10.0 Å². The lowest BCUT2D eigenvalue weighted by Crippen LogP contribution is -2.16. The largest absolute Gasteiger partial charge is 0.307 e. The molecule has 0 spiro atoms. The molecule has 1 amide bonds. The lowest BCUT2D eigenvalue weighted by Gasteiger charge is -2.10. The van der Waals surface area contributed by atoms with Crippen LogP contribution in [0.2, 0.25) is 5.02 Å². The lowest BCUT2D eigenvalue weighted by molar-refractivity contribution is 0.102. The van der Waals surface area contributed by atoms with Gasteiger partial charge in [-0.2, -0.15) is 5.10 Å². The number of halogens is 2. The molecule has 0 fully saturated rings. The second kappa shape index (κ2) is 6.93. The number of carbonyl (C=O) groups is 1. The van der Waals surface area contributed by atoms with Crippen LogP contribution in [0.4, 0.5) is 5.82 Å². The van der Waals surface area contributed by atoms with Crippen LogP contribution in [-0.4, -0.2) is 20.7 Å². The van der Waals surface area contributed by atoms with E-state index >= 15 is 0 Å². The molecule has 3 aromatic rings. The Morgan fingerprint density at radius 3 is 2.74 bits per heavy atom. The van der Waals surface area contributed by atoms with Gasteiger partial charge in [0, 0.05) is 22.9 Å². The number of amides is 1. The topological polar surface area (TPSA) is 59.8 Å². The van der Waals surface area contributed by atoms with Gasteiger partial charge in [0.1, 0.15) is 5.82 Å². The highest BCUT2D eigenvalue weighted by atomic mass is 79.9. The van der Waals surface area contributed by atoms with Gasteiger partial charge in [0.15, 0.2) is 0 Å². The van der Waals surface area contributed by atoms with Crippen LogP contribution in [0.5, 0.6) is 0 Å². The highest BCUT2D eigenvalue weighted by Gasteiger charge is 2.13. The minimum absolute atomic E-state index is 0.284. The van der Waals surface area contributed by atoms with Crippen LogP contribution in [-0.2, 0) is 6.54 Å². The first kappa shape index (κ1) is 15.7. The summed E-state index contributed by atoms with van der Waals surface area (Å²) in [4.78, 5) is 16.4. The maximum Gasteiger partial charge on any atom is 0.258 e. The summed E-state index contributed by atoms with van der Waals surface area (Å²) in [5, 5.41) is 7.47. The van der Waals surface area contributed by atoms with E-state index < -0.39 is 0 Å². The molecule has 5 nitrogen and oxygen atoms in total. The zero-order chi connectivity index (χ0) is 16.2. The smallest absolute Gasteiger partial charge is 0.258 e. The molecule has 1 aromatic carbocycles. The summed E-state index contributed by atoms with van der Waals surface area (Å²) in [6.07, 6.45) is 5.08. The average Bonchev–Trinajstić information content (AvgIpc) is 2.97. The number of carbonyl (C=O) groups excluding carboxylic acids is 1. The van der Waals surface area contributed by atoms with Crippen LogP contribution in [0.1, 0.15) is 15.9 Å². The molecule has 0 aliphatic heterocycles. The maximum absolute atomic E-state index is 12.4. The molecule has 7 heteroatoms. The molecule has 0 radical (unpaired) electrons. The summed E-state index contributed by atoms with van der Waals surface area (Å²) in [6.45, 7) is 0.539. The Bertz CT molecular complexity index is 835. The molecule has 0 atom stereocenters. The Balaban J connectivity index is 1.80. The Hall–Kier alpha value is -2.18. The zero-order valence-electron chi connectivity index (χ0n) is 11.9. The number of rotatable bonds is 4. The van der Waals surface area contributed by atoms with Crippen LogP contribution in [0.25, 0.3) is 0 Å². The molecule has 116 valence electrons. The second-order valence-corrected chi connectivity index (χ2v) is 6.13. The van der Waals surface area contributed by atoms with Crippen molar-refractivity contribution in [3.8, 4) is 0 Å². The van der Waals surface area contributed by atoms with Gasteiger partial charge in [-0.15, -0.1) is 0 Å². The third-order valence-corrected chi connectivity index (χ3v) is 4.04. The predicted molar refractivity (Wildman–Crippen MR) is 92.7 cm³/mol. The van der Waals surface area contributed by atoms with E-state index in [-0.39, 0.29) is 5.91 Å². The van der Waals surface area contributed by atoms with Crippen molar-refractivity contribution >= 4 is 39.3 Å². The number of anilines is 1. The van der Waals surface area contributed by atoms with Crippen LogP contribution >= 0.6 is 27.5 Å². The maximum atomic E-state index is 12.4. The molecule has 1 N–H and O–H groups in total. The van der Waals surface area contributed by atoms with E-state index in [1.54, 1.807) is 47.5 Å². The van der Waals surface area contributed by atoms with Crippen molar-refractivity contribution in [3.05, 3.63) is 75.6 Å². The van der Waals surface area contributed by atoms with Crippen molar-refractivity contribution in [3.63, 3.8) is 0 Å². The van der Waals surface area contributed by atoms with Crippen LogP contribution in [0.3, 0.4) is 0 Å². The molecular formula is C16H12BrClN4O. The van der Waals surface area contributed by atoms with E-state index in [4.69, 9.17) is 11.6 Å². The minimum Gasteiger partial charge on any atom is -0.307 e. The molecule has 23 heavy (non-hydrogen) atoms. The van der Waals surface area contributed by atoms with Crippen molar-refractivity contribution in [1.82, 2.24) is 14.8 Å². The Morgan fingerprint density at radius 1 is 1.17 bits per heavy atom. The normalized spacial score (nSPS) is 10.5. The highest BCUT2D eigenvalue weighted by molar-refractivity contribution is 9.10. The van der Waals surface area contributed by atoms with Crippen molar-refractivity contribution in [2.45, 2.75) is 6.54 Å². The minimum atomic E-state index is -0.284. The van der Waals surface area contributed by atoms with Crippen LogP contribution in [0.15, 0.2) is 59.5 Å². The quantitative estimate of drug-likeness (QED) is 0.731. The average molecular weight is 392 g/mol. The van der Waals surface area contributed by atoms with Gasteiger partial charge in [-0.05, 0) is 35.9 Å². The van der Waals surface area contributed by atoms with Gasteiger partial charge >= 0.3 is 0 Å². The zero-order valence-corrected chi connectivity index (χ0v) is 14.3. The summed E-state index contributed by atoms with van der Waals surface area (Å²) >= 11 is 9.43. The third kappa shape index (κ3) is 3.78. The first-order valence-corrected chi connectivity index (χ1v) is 7.98.